The van der Waals surface area contributed by atoms with Crippen molar-refractivity contribution in [1.82, 2.24) is 19.9 Å². The fraction of sp³-hybridized carbons (Fsp3) is 0.211. The van der Waals surface area contributed by atoms with Gasteiger partial charge in [0.2, 0.25) is 0 Å². The molecule has 0 radical (unpaired) electrons. The molecule has 7 aromatic rings. The summed E-state index contributed by atoms with van der Waals surface area (Å²) in [5.74, 6) is 1.32. The highest BCUT2D eigenvalue weighted by Gasteiger charge is 2.18. The minimum atomic E-state index is 0.431. The van der Waals surface area contributed by atoms with Gasteiger partial charge in [-0.2, -0.15) is 0 Å². The number of nitrogens with zero attached hydrogens (tertiary/aromatic N) is 4. The molecule has 4 heterocycles. The minimum Gasteiger partial charge on any atom is -0.256 e. The van der Waals surface area contributed by atoms with Crippen LogP contribution in [-0.4, -0.2) is 19.9 Å². The van der Waals surface area contributed by atoms with E-state index in [2.05, 4.69) is 94.4 Å². The Kier molecular flexibility index (Phi) is 7.20. The Morgan fingerprint density at radius 1 is 0.744 bits per heavy atom. The third-order valence-electron chi connectivity index (χ3n) is 8.17. The molecule has 0 atom stereocenters. The third kappa shape index (κ3) is 5.41. The maximum atomic E-state index is 5.27. The molecule has 4 nitrogen and oxygen atoms in total. The second-order valence-electron chi connectivity index (χ2n) is 11.8. The standard InChI is InChI=1S/C38H34N4S/c1-23(2)28-15-17-30-34(21-28)41-35(12-8-9-26-14-18-33(39-22-26)27-10-6-5-7-11-27)42-36(30)32-20-24(3)19-31-29-16-13-25(4)40-38(29)43-37(31)32/h5-7,10-11,13-23H,8-9,12H2,1-4H3. The van der Waals surface area contributed by atoms with Crippen molar-refractivity contribution in [2.45, 2.75) is 52.9 Å². The molecule has 0 unspecified atom stereocenters. The van der Waals surface area contributed by atoms with E-state index in [1.165, 1.54) is 37.7 Å². The lowest BCUT2D eigenvalue weighted by molar-refractivity contribution is 0.775. The molecular weight excluding hydrogens is 545 g/mol. The van der Waals surface area contributed by atoms with Crippen molar-refractivity contribution in [2.75, 3.05) is 0 Å². The molecule has 0 saturated carbocycles. The monoisotopic (exact) mass is 578 g/mol. The first-order valence-corrected chi connectivity index (χ1v) is 15.9. The van der Waals surface area contributed by atoms with Gasteiger partial charge in [-0.3, -0.25) is 4.98 Å². The second-order valence-corrected chi connectivity index (χ2v) is 12.8. The number of aryl methyl sites for hydroxylation is 4. The van der Waals surface area contributed by atoms with E-state index in [9.17, 15) is 0 Å². The normalized spacial score (nSPS) is 11.7. The summed E-state index contributed by atoms with van der Waals surface area (Å²) in [6, 6.07) is 30.2. The molecule has 0 N–H and O–H groups in total. The zero-order chi connectivity index (χ0) is 29.5. The fourth-order valence-corrected chi connectivity index (χ4v) is 7.06. The maximum Gasteiger partial charge on any atom is 0.129 e. The molecular formula is C38H34N4S. The van der Waals surface area contributed by atoms with Crippen molar-refractivity contribution in [3.05, 3.63) is 119 Å². The van der Waals surface area contributed by atoms with Crippen LogP contribution in [0.2, 0.25) is 0 Å². The van der Waals surface area contributed by atoms with Gasteiger partial charge in [-0.25, -0.2) is 15.0 Å². The molecule has 7 rings (SSSR count). The maximum absolute atomic E-state index is 5.27. The fourth-order valence-electron chi connectivity index (χ4n) is 5.85. The van der Waals surface area contributed by atoms with E-state index in [0.29, 0.717) is 5.92 Å². The molecule has 212 valence electrons. The first-order chi connectivity index (χ1) is 20.9. The van der Waals surface area contributed by atoms with Gasteiger partial charge in [0.05, 0.1) is 16.9 Å². The topological polar surface area (TPSA) is 51.6 Å². The summed E-state index contributed by atoms with van der Waals surface area (Å²) < 4.78 is 1.24. The van der Waals surface area contributed by atoms with Crippen molar-refractivity contribution < 1.29 is 0 Å². The van der Waals surface area contributed by atoms with Gasteiger partial charge in [0.25, 0.3) is 0 Å². The lowest BCUT2D eigenvalue weighted by Crippen LogP contribution is -2.01. The Hall–Kier alpha value is -4.48. The number of hydrogen-bond acceptors (Lipinski definition) is 5. The van der Waals surface area contributed by atoms with Crippen molar-refractivity contribution in [2.24, 2.45) is 0 Å². The first-order valence-electron chi connectivity index (χ1n) is 15.0. The number of rotatable bonds is 7. The zero-order valence-corrected chi connectivity index (χ0v) is 25.9. The van der Waals surface area contributed by atoms with E-state index in [1.807, 2.05) is 24.4 Å². The highest BCUT2D eigenvalue weighted by Crippen LogP contribution is 2.41. The van der Waals surface area contributed by atoms with Crippen LogP contribution in [0.1, 0.15) is 54.4 Å². The third-order valence-corrected chi connectivity index (χ3v) is 9.32. The van der Waals surface area contributed by atoms with Gasteiger partial charge in [0.15, 0.2) is 0 Å². The van der Waals surface area contributed by atoms with Crippen molar-refractivity contribution >= 4 is 42.5 Å². The highest BCUT2D eigenvalue weighted by molar-refractivity contribution is 7.26. The van der Waals surface area contributed by atoms with Gasteiger partial charge in [0, 0.05) is 50.3 Å². The Balaban J connectivity index is 1.26. The number of pyridine rings is 2. The molecule has 0 aliphatic heterocycles. The van der Waals surface area contributed by atoms with Crippen LogP contribution in [0.4, 0.5) is 0 Å². The van der Waals surface area contributed by atoms with Gasteiger partial charge in [-0.1, -0.05) is 62.4 Å². The zero-order valence-electron chi connectivity index (χ0n) is 25.1. The predicted molar refractivity (Wildman–Crippen MR) is 181 cm³/mol. The van der Waals surface area contributed by atoms with Crippen LogP contribution >= 0.6 is 11.3 Å². The summed E-state index contributed by atoms with van der Waals surface area (Å²) in [4.78, 5) is 21.0. The van der Waals surface area contributed by atoms with Crippen LogP contribution in [0, 0.1) is 13.8 Å². The smallest absolute Gasteiger partial charge is 0.129 e. The highest BCUT2D eigenvalue weighted by atomic mass is 32.1. The Morgan fingerprint density at radius 3 is 2.37 bits per heavy atom. The van der Waals surface area contributed by atoms with Gasteiger partial charge in [0.1, 0.15) is 10.7 Å². The Morgan fingerprint density at radius 2 is 1.58 bits per heavy atom. The van der Waals surface area contributed by atoms with E-state index in [4.69, 9.17) is 19.9 Å². The van der Waals surface area contributed by atoms with Crippen LogP contribution in [0.3, 0.4) is 0 Å². The molecule has 0 aliphatic carbocycles. The number of aromatic nitrogens is 4. The summed E-state index contributed by atoms with van der Waals surface area (Å²) >= 11 is 1.76. The first kappa shape index (κ1) is 27.4. The van der Waals surface area contributed by atoms with Crippen molar-refractivity contribution in [3.63, 3.8) is 0 Å². The quantitative estimate of drug-likeness (QED) is 0.189. The van der Waals surface area contributed by atoms with E-state index in [-0.39, 0.29) is 0 Å². The van der Waals surface area contributed by atoms with E-state index < -0.39 is 0 Å². The number of thiophene rings is 1. The molecule has 5 heteroatoms. The Bertz CT molecular complexity index is 2090. The Labute approximate surface area is 256 Å². The summed E-state index contributed by atoms with van der Waals surface area (Å²) in [5, 5.41) is 3.56. The summed E-state index contributed by atoms with van der Waals surface area (Å²) in [7, 11) is 0. The van der Waals surface area contributed by atoms with E-state index in [0.717, 1.165) is 63.5 Å². The van der Waals surface area contributed by atoms with Crippen LogP contribution in [0.15, 0.2) is 91.1 Å². The lowest BCUT2D eigenvalue weighted by Gasteiger charge is -2.13. The molecule has 4 aromatic heterocycles. The van der Waals surface area contributed by atoms with Gasteiger partial charge in [-0.05, 0) is 85.7 Å². The van der Waals surface area contributed by atoms with Crippen LogP contribution in [-0.2, 0) is 12.8 Å². The number of benzene rings is 3. The lowest BCUT2D eigenvalue weighted by atomic mass is 9.97. The average molecular weight is 579 g/mol. The molecule has 0 amide bonds. The predicted octanol–water partition coefficient (Wildman–Crippen LogP) is 10.0. The van der Waals surface area contributed by atoms with Crippen molar-refractivity contribution in [3.8, 4) is 22.5 Å². The van der Waals surface area contributed by atoms with Crippen LogP contribution in [0.25, 0.3) is 53.7 Å². The second kappa shape index (κ2) is 11.3. The summed E-state index contributed by atoms with van der Waals surface area (Å²) in [5.41, 5.74) is 10.1. The van der Waals surface area contributed by atoms with E-state index >= 15 is 0 Å². The summed E-state index contributed by atoms with van der Waals surface area (Å²) in [6.07, 6.45) is 4.69. The van der Waals surface area contributed by atoms with Gasteiger partial charge < -0.3 is 0 Å². The number of hydrogen-bond donors (Lipinski definition) is 0. The van der Waals surface area contributed by atoms with Gasteiger partial charge >= 0.3 is 0 Å². The molecule has 0 spiro atoms. The van der Waals surface area contributed by atoms with E-state index in [1.54, 1.807) is 11.3 Å². The van der Waals surface area contributed by atoms with Gasteiger partial charge in [-0.15, -0.1) is 11.3 Å². The van der Waals surface area contributed by atoms with Crippen molar-refractivity contribution in [1.29, 1.82) is 0 Å². The summed E-state index contributed by atoms with van der Waals surface area (Å²) in [6.45, 7) is 8.70. The molecule has 0 aliphatic rings. The largest absolute Gasteiger partial charge is 0.256 e. The van der Waals surface area contributed by atoms with Crippen LogP contribution < -0.4 is 0 Å². The number of fused-ring (bicyclic) bond motifs is 4. The molecule has 3 aromatic carbocycles. The SMILES string of the molecule is Cc1cc(-c2nc(CCCc3ccc(-c4ccccc4)nc3)nc3cc(C(C)C)ccc23)c2sc3nc(C)ccc3c2c1. The molecule has 0 saturated heterocycles. The molecule has 43 heavy (non-hydrogen) atoms. The minimum absolute atomic E-state index is 0.431. The molecule has 0 bridgehead atoms. The average Bonchev–Trinajstić information content (AvgIpc) is 3.38. The molecule has 0 fully saturated rings. The van der Waals surface area contributed by atoms with Crippen LogP contribution in [0.5, 0.6) is 0 Å².